The number of benzene rings is 1. The molecule has 152 valence electrons. The minimum atomic E-state index is -0.504. The summed E-state index contributed by atoms with van der Waals surface area (Å²) in [6.07, 6.45) is 0.0483. The largest absolute Gasteiger partial charge is 0.463 e. The highest BCUT2D eigenvalue weighted by Gasteiger charge is 2.38. The first-order chi connectivity index (χ1) is 13.3. The zero-order valence-corrected chi connectivity index (χ0v) is 17.5. The first-order valence-electron chi connectivity index (χ1n) is 9.45. The van der Waals surface area contributed by atoms with Crippen molar-refractivity contribution in [1.82, 2.24) is 10.2 Å². The molecule has 0 fully saturated rings. The van der Waals surface area contributed by atoms with Crippen LogP contribution in [0.4, 0.5) is 0 Å². The summed E-state index contributed by atoms with van der Waals surface area (Å²) >= 11 is 6.33. The predicted molar refractivity (Wildman–Crippen MR) is 108 cm³/mol. The first kappa shape index (κ1) is 22.0. The lowest BCUT2D eigenvalue weighted by Gasteiger charge is -2.34. The molecule has 0 bridgehead atoms. The molecule has 1 atom stereocenters. The molecule has 0 aromatic heterocycles. The molecular formula is C21H27ClN2O4. The standard InChI is InChI=1S/C21H27ClN2O4/c1-5-28-21(27)20-14(4)24(12-18(25)23-11-13(2)3)19(26)10-16(20)15-8-6-7-9-17(15)22/h6-9,13,16H,5,10-12H2,1-4H3,(H,23,25)/t16-/m1/s1. The lowest BCUT2D eigenvalue weighted by Crippen LogP contribution is -2.44. The van der Waals surface area contributed by atoms with Crippen LogP contribution in [0.15, 0.2) is 35.5 Å². The van der Waals surface area contributed by atoms with Gasteiger partial charge in [0.2, 0.25) is 11.8 Å². The van der Waals surface area contributed by atoms with Gasteiger partial charge >= 0.3 is 5.97 Å². The summed E-state index contributed by atoms with van der Waals surface area (Å²) in [6.45, 7) is 7.99. The Labute approximate surface area is 170 Å². The fourth-order valence-electron chi connectivity index (χ4n) is 3.22. The predicted octanol–water partition coefficient (Wildman–Crippen LogP) is 3.27. The van der Waals surface area contributed by atoms with Crippen molar-refractivity contribution in [2.45, 2.75) is 40.0 Å². The Morgan fingerprint density at radius 3 is 2.61 bits per heavy atom. The van der Waals surface area contributed by atoms with Gasteiger partial charge in [-0.15, -0.1) is 0 Å². The van der Waals surface area contributed by atoms with E-state index >= 15 is 0 Å². The summed E-state index contributed by atoms with van der Waals surface area (Å²) in [4.78, 5) is 39.1. The number of ether oxygens (including phenoxy) is 1. The van der Waals surface area contributed by atoms with Crippen molar-refractivity contribution in [3.05, 3.63) is 46.1 Å². The molecule has 0 saturated carbocycles. The SMILES string of the molecule is CCOC(=O)C1=C(C)N(CC(=O)NCC(C)C)C(=O)C[C@@H]1c1ccccc1Cl. The highest BCUT2D eigenvalue weighted by molar-refractivity contribution is 6.31. The van der Waals surface area contributed by atoms with Crippen LogP contribution < -0.4 is 5.32 Å². The average Bonchev–Trinajstić information content (AvgIpc) is 2.63. The van der Waals surface area contributed by atoms with E-state index in [-0.39, 0.29) is 31.4 Å². The van der Waals surface area contributed by atoms with E-state index in [1.165, 1.54) is 4.90 Å². The van der Waals surface area contributed by atoms with Crippen molar-refractivity contribution in [3.63, 3.8) is 0 Å². The van der Waals surface area contributed by atoms with E-state index in [0.717, 1.165) is 0 Å². The van der Waals surface area contributed by atoms with Gasteiger partial charge in [0.25, 0.3) is 0 Å². The van der Waals surface area contributed by atoms with Crippen molar-refractivity contribution in [2.75, 3.05) is 19.7 Å². The molecule has 0 radical (unpaired) electrons. The van der Waals surface area contributed by atoms with Crippen molar-refractivity contribution < 1.29 is 19.1 Å². The summed E-state index contributed by atoms with van der Waals surface area (Å²) in [5, 5.41) is 3.28. The van der Waals surface area contributed by atoms with E-state index in [1.807, 2.05) is 19.9 Å². The Balaban J connectivity index is 2.39. The van der Waals surface area contributed by atoms with Crippen LogP contribution >= 0.6 is 11.6 Å². The second-order valence-corrected chi connectivity index (χ2v) is 7.58. The van der Waals surface area contributed by atoms with E-state index in [9.17, 15) is 14.4 Å². The maximum Gasteiger partial charge on any atom is 0.336 e. The van der Waals surface area contributed by atoms with Crippen molar-refractivity contribution >= 4 is 29.4 Å². The fraction of sp³-hybridized carbons (Fsp3) is 0.476. The van der Waals surface area contributed by atoms with E-state index in [2.05, 4.69) is 5.32 Å². The maximum absolute atomic E-state index is 12.8. The third-order valence-corrected chi connectivity index (χ3v) is 4.95. The Hall–Kier alpha value is -2.34. The minimum Gasteiger partial charge on any atom is -0.463 e. The van der Waals surface area contributed by atoms with Crippen LogP contribution in [-0.2, 0) is 19.1 Å². The lowest BCUT2D eigenvalue weighted by molar-refractivity contribution is -0.141. The molecule has 1 aromatic rings. The number of amides is 2. The third kappa shape index (κ3) is 5.13. The Bertz CT molecular complexity index is 788. The zero-order valence-electron chi connectivity index (χ0n) is 16.8. The van der Waals surface area contributed by atoms with Gasteiger partial charge in [-0.3, -0.25) is 9.59 Å². The number of esters is 1. The number of nitrogens with one attached hydrogen (secondary N) is 1. The van der Waals surface area contributed by atoms with Crippen LogP contribution in [0.5, 0.6) is 0 Å². The smallest absolute Gasteiger partial charge is 0.336 e. The molecule has 7 heteroatoms. The Morgan fingerprint density at radius 2 is 2.00 bits per heavy atom. The van der Waals surface area contributed by atoms with E-state index in [1.54, 1.807) is 32.0 Å². The topological polar surface area (TPSA) is 75.7 Å². The van der Waals surface area contributed by atoms with Gasteiger partial charge in [0.15, 0.2) is 0 Å². The number of hydrogen-bond acceptors (Lipinski definition) is 4. The van der Waals surface area contributed by atoms with Gasteiger partial charge in [-0.2, -0.15) is 0 Å². The number of carbonyl (C=O) groups excluding carboxylic acids is 3. The quantitative estimate of drug-likeness (QED) is 0.705. The molecule has 0 aliphatic carbocycles. The number of allylic oxidation sites excluding steroid dienone is 1. The van der Waals surface area contributed by atoms with Crippen LogP contribution in [0, 0.1) is 5.92 Å². The van der Waals surface area contributed by atoms with Crippen LogP contribution in [0.3, 0.4) is 0 Å². The summed E-state index contributed by atoms with van der Waals surface area (Å²) in [7, 11) is 0. The third-order valence-electron chi connectivity index (χ3n) is 4.61. The molecule has 6 nitrogen and oxygen atoms in total. The van der Waals surface area contributed by atoms with Gasteiger partial charge < -0.3 is 15.0 Å². The van der Waals surface area contributed by atoms with Crippen molar-refractivity contribution in [2.24, 2.45) is 5.92 Å². The number of halogens is 1. The number of carbonyl (C=O) groups is 3. The van der Waals surface area contributed by atoms with Crippen LogP contribution in [0.2, 0.25) is 5.02 Å². The molecular weight excluding hydrogens is 380 g/mol. The van der Waals surface area contributed by atoms with Gasteiger partial charge in [-0.1, -0.05) is 43.6 Å². The molecule has 1 aliphatic heterocycles. The van der Waals surface area contributed by atoms with E-state index in [4.69, 9.17) is 16.3 Å². The normalized spacial score (nSPS) is 17.1. The molecule has 1 aromatic carbocycles. The second-order valence-electron chi connectivity index (χ2n) is 7.18. The van der Waals surface area contributed by atoms with E-state index < -0.39 is 11.9 Å². The molecule has 0 saturated heterocycles. The molecule has 1 N–H and O–H groups in total. The average molecular weight is 407 g/mol. The first-order valence-corrected chi connectivity index (χ1v) is 9.83. The summed E-state index contributed by atoms with van der Waals surface area (Å²) in [5.74, 6) is -1.19. The van der Waals surface area contributed by atoms with E-state index in [0.29, 0.717) is 34.3 Å². The summed E-state index contributed by atoms with van der Waals surface area (Å²) in [5.41, 5.74) is 1.49. The van der Waals surface area contributed by atoms with Gasteiger partial charge in [0.1, 0.15) is 6.54 Å². The fourth-order valence-corrected chi connectivity index (χ4v) is 3.49. The van der Waals surface area contributed by atoms with Gasteiger partial charge in [-0.05, 0) is 31.4 Å². The highest BCUT2D eigenvalue weighted by atomic mass is 35.5. The van der Waals surface area contributed by atoms with Gasteiger partial charge in [0.05, 0.1) is 12.2 Å². The lowest BCUT2D eigenvalue weighted by atomic mass is 9.83. The van der Waals surface area contributed by atoms with Crippen molar-refractivity contribution in [3.8, 4) is 0 Å². The Kier molecular flexibility index (Phi) is 7.63. The summed E-state index contributed by atoms with van der Waals surface area (Å²) < 4.78 is 5.23. The molecule has 28 heavy (non-hydrogen) atoms. The maximum atomic E-state index is 12.8. The molecule has 2 rings (SSSR count). The minimum absolute atomic E-state index is 0.0483. The second kappa shape index (κ2) is 9.73. The Morgan fingerprint density at radius 1 is 1.32 bits per heavy atom. The molecule has 1 heterocycles. The van der Waals surface area contributed by atoms with Crippen molar-refractivity contribution in [1.29, 1.82) is 0 Å². The van der Waals surface area contributed by atoms with Crippen LogP contribution in [-0.4, -0.2) is 42.4 Å². The van der Waals surface area contributed by atoms with Gasteiger partial charge in [-0.25, -0.2) is 4.79 Å². The molecule has 2 amide bonds. The summed E-state index contributed by atoms with van der Waals surface area (Å²) in [6, 6.07) is 7.14. The highest BCUT2D eigenvalue weighted by Crippen LogP contribution is 2.39. The zero-order chi connectivity index (χ0) is 20.8. The van der Waals surface area contributed by atoms with Crippen LogP contribution in [0.25, 0.3) is 0 Å². The number of hydrogen-bond donors (Lipinski definition) is 1. The molecule has 0 spiro atoms. The van der Waals surface area contributed by atoms with Crippen LogP contribution in [0.1, 0.15) is 45.6 Å². The van der Waals surface area contributed by atoms with Gasteiger partial charge in [0, 0.05) is 29.6 Å². The monoisotopic (exact) mass is 406 g/mol. The number of nitrogens with zero attached hydrogens (tertiary/aromatic N) is 1. The number of rotatable bonds is 7. The molecule has 1 aliphatic rings. The molecule has 0 unspecified atom stereocenters.